The number of carbonyl (C=O) groups excluding carboxylic acids is 1. The van der Waals surface area contributed by atoms with Crippen LogP contribution in [0.1, 0.15) is 19.1 Å². The average Bonchev–Trinajstić information content (AvgIpc) is 2.56. The van der Waals surface area contributed by atoms with Crippen molar-refractivity contribution in [1.29, 1.82) is 0 Å². The van der Waals surface area contributed by atoms with Gasteiger partial charge >= 0.3 is 0 Å². The van der Waals surface area contributed by atoms with Crippen LogP contribution in [0.3, 0.4) is 0 Å². The second-order valence-corrected chi connectivity index (χ2v) is 2.33. The van der Waals surface area contributed by atoms with Gasteiger partial charge in [-0.05, 0) is 12.1 Å². The van der Waals surface area contributed by atoms with E-state index in [2.05, 4.69) is 0 Å². The Morgan fingerprint density at radius 1 is 1.75 bits per heavy atom. The first-order valence-corrected chi connectivity index (χ1v) is 3.71. The molecule has 0 spiro atoms. The Labute approximate surface area is 70.3 Å². The van der Waals surface area contributed by atoms with E-state index in [1.165, 1.54) is 12.3 Å². The van der Waals surface area contributed by atoms with Gasteiger partial charge in [-0.15, -0.1) is 0 Å². The summed E-state index contributed by atoms with van der Waals surface area (Å²) in [5.41, 5.74) is 0. The van der Waals surface area contributed by atoms with Crippen molar-refractivity contribution in [3.63, 3.8) is 0 Å². The Hall–Kier alpha value is -1.51. The summed E-state index contributed by atoms with van der Waals surface area (Å²) < 4.78 is 4.87. The molecule has 0 aliphatic carbocycles. The van der Waals surface area contributed by atoms with Crippen LogP contribution in [0.5, 0.6) is 0 Å². The monoisotopic (exact) mass is 166 g/mol. The van der Waals surface area contributed by atoms with E-state index < -0.39 is 0 Å². The Morgan fingerprint density at radius 2 is 2.50 bits per heavy atom. The molecule has 1 aromatic rings. The molecule has 0 radical (unpaired) electrons. The van der Waals surface area contributed by atoms with E-state index in [0.29, 0.717) is 12.2 Å². The maximum Gasteiger partial charge on any atom is 0.168 e. The van der Waals surface area contributed by atoms with Crippen molar-refractivity contribution in [2.45, 2.75) is 13.3 Å². The van der Waals surface area contributed by atoms with Crippen LogP contribution < -0.4 is 0 Å². The molecule has 0 saturated carbocycles. The van der Waals surface area contributed by atoms with Gasteiger partial charge in [0.2, 0.25) is 0 Å². The van der Waals surface area contributed by atoms with E-state index in [-0.39, 0.29) is 11.5 Å². The SMILES string of the molecule is CCC(=O)C=C(O)c1ccco1. The lowest BCUT2D eigenvalue weighted by Gasteiger charge is -1.92. The molecule has 0 bridgehead atoms. The molecule has 12 heavy (non-hydrogen) atoms. The van der Waals surface area contributed by atoms with Crippen LogP contribution in [0.25, 0.3) is 5.76 Å². The third kappa shape index (κ3) is 1.99. The fourth-order valence-corrected chi connectivity index (χ4v) is 0.750. The summed E-state index contributed by atoms with van der Waals surface area (Å²) in [6, 6.07) is 3.24. The maximum absolute atomic E-state index is 10.8. The number of carbonyl (C=O) groups is 1. The Morgan fingerprint density at radius 3 is 3.00 bits per heavy atom. The van der Waals surface area contributed by atoms with Crippen molar-refractivity contribution < 1.29 is 14.3 Å². The lowest BCUT2D eigenvalue weighted by molar-refractivity contribution is -0.114. The molecule has 0 fully saturated rings. The van der Waals surface area contributed by atoms with Crippen LogP contribution in [0, 0.1) is 0 Å². The van der Waals surface area contributed by atoms with Gasteiger partial charge in [-0.2, -0.15) is 0 Å². The van der Waals surface area contributed by atoms with Crippen LogP contribution in [0.4, 0.5) is 0 Å². The summed E-state index contributed by atoms with van der Waals surface area (Å²) >= 11 is 0. The van der Waals surface area contributed by atoms with Crippen molar-refractivity contribution in [3.05, 3.63) is 30.2 Å². The van der Waals surface area contributed by atoms with Crippen molar-refractivity contribution in [3.8, 4) is 0 Å². The molecule has 1 rings (SSSR count). The number of aliphatic hydroxyl groups excluding tert-OH is 1. The molecule has 1 heterocycles. The van der Waals surface area contributed by atoms with Gasteiger partial charge in [0.05, 0.1) is 6.26 Å². The fourth-order valence-electron chi connectivity index (χ4n) is 0.750. The number of hydrogen-bond acceptors (Lipinski definition) is 3. The van der Waals surface area contributed by atoms with E-state index in [1.54, 1.807) is 19.1 Å². The Bertz CT molecular complexity index is 283. The van der Waals surface area contributed by atoms with Crippen LogP contribution in [0.2, 0.25) is 0 Å². The highest BCUT2D eigenvalue weighted by molar-refractivity contribution is 5.94. The summed E-state index contributed by atoms with van der Waals surface area (Å²) in [5.74, 6) is 0.0764. The topological polar surface area (TPSA) is 50.4 Å². The second-order valence-electron chi connectivity index (χ2n) is 2.33. The number of allylic oxidation sites excluding steroid dienone is 1. The molecule has 0 aliphatic heterocycles. The largest absolute Gasteiger partial charge is 0.504 e. The first-order chi connectivity index (χ1) is 5.74. The zero-order chi connectivity index (χ0) is 8.97. The Kier molecular flexibility index (Phi) is 2.69. The first-order valence-electron chi connectivity index (χ1n) is 3.71. The molecule has 0 amide bonds. The summed E-state index contributed by atoms with van der Waals surface area (Å²) in [4.78, 5) is 10.8. The molecule has 3 heteroatoms. The molecule has 0 unspecified atom stereocenters. The summed E-state index contributed by atoms with van der Waals surface area (Å²) in [5, 5.41) is 9.26. The van der Waals surface area contributed by atoms with Crippen LogP contribution in [-0.4, -0.2) is 10.9 Å². The summed E-state index contributed by atoms with van der Waals surface area (Å²) in [6.45, 7) is 1.73. The zero-order valence-electron chi connectivity index (χ0n) is 6.78. The quantitative estimate of drug-likeness (QED) is 0.553. The van der Waals surface area contributed by atoms with Crippen molar-refractivity contribution in [2.75, 3.05) is 0 Å². The molecular formula is C9H10O3. The molecule has 0 atom stereocenters. The van der Waals surface area contributed by atoms with E-state index in [4.69, 9.17) is 4.42 Å². The molecule has 0 aliphatic rings. The highest BCUT2D eigenvalue weighted by Crippen LogP contribution is 2.11. The number of rotatable bonds is 3. The van der Waals surface area contributed by atoms with Crippen LogP contribution in [-0.2, 0) is 4.79 Å². The fraction of sp³-hybridized carbons (Fsp3) is 0.222. The number of furan rings is 1. The van der Waals surface area contributed by atoms with Crippen molar-refractivity contribution >= 4 is 11.5 Å². The number of aliphatic hydroxyl groups is 1. The first kappa shape index (κ1) is 8.59. The van der Waals surface area contributed by atoms with Gasteiger partial charge in [0, 0.05) is 12.5 Å². The number of hydrogen-bond donors (Lipinski definition) is 1. The van der Waals surface area contributed by atoms with Crippen molar-refractivity contribution in [1.82, 2.24) is 0 Å². The normalized spacial score (nSPS) is 11.6. The minimum Gasteiger partial charge on any atom is -0.504 e. The highest BCUT2D eigenvalue weighted by Gasteiger charge is 2.03. The van der Waals surface area contributed by atoms with E-state index in [1.807, 2.05) is 0 Å². The lowest BCUT2D eigenvalue weighted by atomic mass is 10.2. The van der Waals surface area contributed by atoms with Gasteiger partial charge in [0.1, 0.15) is 0 Å². The van der Waals surface area contributed by atoms with E-state index in [0.717, 1.165) is 0 Å². The van der Waals surface area contributed by atoms with Crippen LogP contribution in [0.15, 0.2) is 28.9 Å². The standard InChI is InChI=1S/C9H10O3/c1-2-7(10)6-8(11)9-4-3-5-12-9/h3-6,11H,2H2,1H3. The summed E-state index contributed by atoms with van der Waals surface area (Å²) in [6.07, 6.45) is 2.99. The average molecular weight is 166 g/mol. The van der Waals surface area contributed by atoms with Crippen LogP contribution >= 0.6 is 0 Å². The van der Waals surface area contributed by atoms with Gasteiger partial charge in [-0.25, -0.2) is 0 Å². The minimum absolute atomic E-state index is 0.119. The van der Waals surface area contributed by atoms with E-state index in [9.17, 15) is 9.90 Å². The predicted octanol–water partition coefficient (Wildman–Crippen LogP) is 2.16. The third-order valence-corrected chi connectivity index (χ3v) is 1.42. The van der Waals surface area contributed by atoms with Crippen molar-refractivity contribution in [2.24, 2.45) is 0 Å². The maximum atomic E-state index is 10.8. The smallest absolute Gasteiger partial charge is 0.168 e. The van der Waals surface area contributed by atoms with Gasteiger partial charge in [0.25, 0.3) is 0 Å². The minimum atomic E-state index is -0.121. The van der Waals surface area contributed by atoms with E-state index >= 15 is 0 Å². The molecular weight excluding hydrogens is 156 g/mol. The molecule has 0 saturated heterocycles. The van der Waals surface area contributed by atoms with Gasteiger partial charge in [0.15, 0.2) is 17.3 Å². The van der Waals surface area contributed by atoms with Gasteiger partial charge in [-0.3, -0.25) is 4.79 Å². The predicted molar refractivity (Wildman–Crippen MR) is 44.6 cm³/mol. The Balaban J connectivity index is 2.77. The highest BCUT2D eigenvalue weighted by atomic mass is 16.4. The lowest BCUT2D eigenvalue weighted by Crippen LogP contribution is -1.90. The molecule has 1 aromatic heterocycles. The zero-order valence-corrected chi connectivity index (χ0v) is 6.78. The second kappa shape index (κ2) is 3.76. The van der Waals surface area contributed by atoms with Gasteiger partial charge < -0.3 is 9.52 Å². The molecule has 0 aromatic carbocycles. The third-order valence-electron chi connectivity index (χ3n) is 1.42. The molecule has 64 valence electrons. The number of ketones is 1. The molecule has 3 nitrogen and oxygen atoms in total. The summed E-state index contributed by atoms with van der Waals surface area (Å²) in [7, 11) is 0. The van der Waals surface area contributed by atoms with Gasteiger partial charge in [-0.1, -0.05) is 6.92 Å². The molecule has 1 N–H and O–H groups in total.